The maximum atomic E-state index is 12.0. The van der Waals surface area contributed by atoms with Crippen LogP contribution in [0.2, 0.25) is 0 Å². The molecule has 0 unspecified atom stereocenters. The zero-order chi connectivity index (χ0) is 13.2. The highest BCUT2D eigenvalue weighted by Crippen LogP contribution is 2.11. The first-order valence-corrected chi connectivity index (χ1v) is 6.67. The van der Waals surface area contributed by atoms with Crippen LogP contribution in [0.3, 0.4) is 0 Å². The quantitative estimate of drug-likeness (QED) is 0.712. The van der Waals surface area contributed by atoms with Crippen LogP contribution in [-0.4, -0.2) is 20.3 Å². The second-order valence-corrected chi connectivity index (χ2v) is 5.15. The van der Waals surface area contributed by atoms with Gasteiger partial charge in [-0.2, -0.15) is 0 Å². The van der Waals surface area contributed by atoms with Gasteiger partial charge in [-0.3, -0.25) is 4.79 Å². The minimum atomic E-state index is -0.266. The molecule has 0 saturated carbocycles. The molecule has 1 amide bonds. The number of pyridine rings is 2. The second-order valence-electron chi connectivity index (χ2n) is 3.91. The molecule has 19 heavy (non-hydrogen) atoms. The summed E-state index contributed by atoms with van der Waals surface area (Å²) in [5.74, 6) is 0.247. The summed E-state index contributed by atoms with van der Waals surface area (Å²) in [4.78, 5) is 20.4. The molecule has 0 aromatic carbocycles. The SMILES string of the molecule is O=C(Nc1ccccn1)c1cn2cc(I)ccc2n1. The van der Waals surface area contributed by atoms with Gasteiger partial charge in [0.1, 0.15) is 17.2 Å². The fraction of sp³-hybridized carbons (Fsp3) is 0. The van der Waals surface area contributed by atoms with Crippen molar-refractivity contribution in [3.8, 4) is 0 Å². The molecule has 0 aliphatic heterocycles. The number of halogens is 1. The number of nitrogens with one attached hydrogen (secondary N) is 1. The van der Waals surface area contributed by atoms with Gasteiger partial charge in [0, 0.05) is 22.2 Å². The third-order valence-corrected chi connectivity index (χ3v) is 3.19. The summed E-state index contributed by atoms with van der Waals surface area (Å²) >= 11 is 2.21. The number of hydrogen-bond donors (Lipinski definition) is 1. The van der Waals surface area contributed by atoms with Crippen molar-refractivity contribution in [1.29, 1.82) is 0 Å². The van der Waals surface area contributed by atoms with E-state index in [1.165, 1.54) is 0 Å². The molecule has 3 rings (SSSR count). The van der Waals surface area contributed by atoms with Crippen molar-refractivity contribution in [2.45, 2.75) is 0 Å². The fourth-order valence-corrected chi connectivity index (χ4v) is 2.17. The topological polar surface area (TPSA) is 59.3 Å². The van der Waals surface area contributed by atoms with E-state index in [-0.39, 0.29) is 5.91 Å². The Hall–Kier alpha value is -1.96. The molecular weight excluding hydrogens is 355 g/mol. The van der Waals surface area contributed by atoms with Gasteiger partial charge in [0.25, 0.3) is 5.91 Å². The molecule has 0 aliphatic rings. The number of fused-ring (bicyclic) bond motifs is 1. The number of carbonyl (C=O) groups excluding carboxylic acids is 1. The molecule has 5 nitrogen and oxygen atoms in total. The summed E-state index contributed by atoms with van der Waals surface area (Å²) in [6.45, 7) is 0. The van der Waals surface area contributed by atoms with E-state index in [9.17, 15) is 4.79 Å². The van der Waals surface area contributed by atoms with Gasteiger partial charge in [0.15, 0.2) is 0 Å². The minimum absolute atomic E-state index is 0.266. The van der Waals surface area contributed by atoms with Gasteiger partial charge in [-0.05, 0) is 46.9 Å². The van der Waals surface area contributed by atoms with Crippen molar-refractivity contribution in [2.24, 2.45) is 0 Å². The lowest BCUT2D eigenvalue weighted by atomic mass is 10.4. The summed E-state index contributed by atoms with van der Waals surface area (Å²) in [6.07, 6.45) is 5.25. The van der Waals surface area contributed by atoms with Gasteiger partial charge in [0.05, 0.1) is 0 Å². The first kappa shape index (κ1) is 12.1. The summed E-state index contributed by atoms with van der Waals surface area (Å²) < 4.78 is 2.91. The molecule has 0 radical (unpaired) electrons. The van der Waals surface area contributed by atoms with E-state index in [1.54, 1.807) is 24.5 Å². The maximum Gasteiger partial charge on any atom is 0.277 e. The summed E-state index contributed by atoms with van der Waals surface area (Å²) in [5.41, 5.74) is 1.11. The zero-order valence-electron chi connectivity index (χ0n) is 9.75. The number of rotatable bonds is 2. The van der Waals surface area contributed by atoms with Gasteiger partial charge in [0.2, 0.25) is 0 Å². The minimum Gasteiger partial charge on any atom is -0.305 e. The van der Waals surface area contributed by atoms with Crippen molar-refractivity contribution < 1.29 is 4.79 Å². The molecule has 6 heteroatoms. The third kappa shape index (κ3) is 2.58. The molecule has 0 fully saturated rings. The third-order valence-electron chi connectivity index (χ3n) is 2.55. The van der Waals surface area contributed by atoms with Crippen LogP contribution in [0.4, 0.5) is 5.82 Å². The van der Waals surface area contributed by atoms with Crippen molar-refractivity contribution in [3.05, 3.63) is 58.2 Å². The van der Waals surface area contributed by atoms with Crippen molar-refractivity contribution >= 4 is 40.0 Å². The Kier molecular flexibility index (Phi) is 3.16. The molecule has 3 aromatic heterocycles. The number of aromatic nitrogens is 3. The molecule has 0 saturated heterocycles. The van der Waals surface area contributed by atoms with E-state index in [2.05, 4.69) is 37.9 Å². The molecule has 0 aliphatic carbocycles. The van der Waals surface area contributed by atoms with Gasteiger partial charge >= 0.3 is 0 Å². The largest absolute Gasteiger partial charge is 0.305 e. The van der Waals surface area contributed by atoms with Crippen molar-refractivity contribution in [1.82, 2.24) is 14.4 Å². The zero-order valence-corrected chi connectivity index (χ0v) is 11.9. The predicted octanol–water partition coefficient (Wildman–Crippen LogP) is 2.59. The van der Waals surface area contributed by atoms with Crippen LogP contribution in [0.1, 0.15) is 10.5 Å². The normalized spacial score (nSPS) is 10.6. The Morgan fingerprint density at radius 1 is 1.21 bits per heavy atom. The lowest BCUT2D eigenvalue weighted by molar-refractivity contribution is 0.102. The van der Waals surface area contributed by atoms with E-state index in [4.69, 9.17) is 0 Å². The summed E-state index contributed by atoms with van der Waals surface area (Å²) in [7, 11) is 0. The Labute approximate surface area is 122 Å². The van der Waals surface area contributed by atoms with Gasteiger partial charge in [-0.25, -0.2) is 9.97 Å². The fourth-order valence-electron chi connectivity index (χ4n) is 1.69. The first-order valence-electron chi connectivity index (χ1n) is 5.59. The smallest absolute Gasteiger partial charge is 0.277 e. The number of carbonyl (C=O) groups is 1. The maximum absolute atomic E-state index is 12.0. The van der Waals surface area contributed by atoms with E-state index in [0.29, 0.717) is 11.5 Å². The molecule has 0 spiro atoms. The van der Waals surface area contributed by atoms with Crippen LogP contribution in [0.25, 0.3) is 5.65 Å². The molecule has 1 N–H and O–H groups in total. The Bertz CT molecular complexity index is 739. The summed E-state index contributed by atoms with van der Waals surface area (Å²) in [5, 5.41) is 2.71. The predicted molar refractivity (Wildman–Crippen MR) is 80.1 cm³/mol. The molecule has 3 aromatic rings. The van der Waals surface area contributed by atoms with E-state index in [1.807, 2.05) is 28.8 Å². The number of amides is 1. The van der Waals surface area contributed by atoms with Crippen LogP contribution >= 0.6 is 22.6 Å². The van der Waals surface area contributed by atoms with Crippen LogP contribution in [0.5, 0.6) is 0 Å². The van der Waals surface area contributed by atoms with Crippen LogP contribution in [0, 0.1) is 3.57 Å². The number of hydrogen-bond acceptors (Lipinski definition) is 3. The van der Waals surface area contributed by atoms with Gasteiger partial charge < -0.3 is 9.72 Å². The average molecular weight is 364 g/mol. The highest BCUT2D eigenvalue weighted by atomic mass is 127. The first-order chi connectivity index (χ1) is 9.22. The molecule has 0 bridgehead atoms. The van der Waals surface area contributed by atoms with E-state index < -0.39 is 0 Å². The molecule has 3 heterocycles. The van der Waals surface area contributed by atoms with Gasteiger partial charge in [-0.15, -0.1) is 0 Å². The Morgan fingerprint density at radius 3 is 2.89 bits per heavy atom. The highest BCUT2D eigenvalue weighted by Gasteiger charge is 2.11. The van der Waals surface area contributed by atoms with Gasteiger partial charge in [-0.1, -0.05) is 6.07 Å². The highest BCUT2D eigenvalue weighted by molar-refractivity contribution is 14.1. The lowest BCUT2D eigenvalue weighted by Gasteiger charge is -2.00. The van der Waals surface area contributed by atoms with Crippen LogP contribution < -0.4 is 5.32 Å². The van der Waals surface area contributed by atoms with Crippen LogP contribution in [-0.2, 0) is 0 Å². The van der Waals surface area contributed by atoms with Crippen LogP contribution in [0.15, 0.2) is 48.9 Å². The Balaban J connectivity index is 1.89. The molecule has 94 valence electrons. The van der Waals surface area contributed by atoms with E-state index in [0.717, 1.165) is 9.22 Å². The number of anilines is 1. The Morgan fingerprint density at radius 2 is 2.11 bits per heavy atom. The lowest BCUT2D eigenvalue weighted by Crippen LogP contribution is -2.13. The average Bonchev–Trinajstić information content (AvgIpc) is 2.83. The molecule has 0 atom stereocenters. The number of imidazole rings is 1. The van der Waals surface area contributed by atoms with Crippen molar-refractivity contribution in [2.75, 3.05) is 5.32 Å². The van der Waals surface area contributed by atoms with Crippen molar-refractivity contribution in [3.63, 3.8) is 0 Å². The monoisotopic (exact) mass is 364 g/mol. The second kappa shape index (κ2) is 4.96. The standard InChI is InChI=1S/C13H9IN4O/c14-9-4-5-12-16-10(8-18(12)7-9)13(19)17-11-3-1-2-6-15-11/h1-8H,(H,15,17,19). The number of nitrogens with zero attached hydrogens (tertiary/aromatic N) is 3. The molecular formula is C13H9IN4O. The van der Waals surface area contributed by atoms with E-state index >= 15 is 0 Å². The summed E-state index contributed by atoms with van der Waals surface area (Å²) in [6, 6.07) is 9.16.